The van der Waals surface area contributed by atoms with Crippen LogP contribution in [0.1, 0.15) is 75.2 Å². The van der Waals surface area contributed by atoms with Crippen LogP contribution in [0.3, 0.4) is 0 Å². The minimum atomic E-state index is 0. The highest BCUT2D eigenvalue weighted by Crippen LogP contribution is 2.07. The van der Waals surface area contributed by atoms with Crippen LogP contribution in [0.5, 0.6) is 0 Å². The predicted molar refractivity (Wildman–Crippen MR) is 63.8 cm³/mol. The van der Waals surface area contributed by atoms with E-state index in [0.29, 0.717) is 0 Å². The summed E-state index contributed by atoms with van der Waals surface area (Å²) in [6.07, 6.45) is 4.08. The molecule has 1 atom stereocenters. The van der Waals surface area contributed by atoms with Gasteiger partial charge < -0.3 is 0 Å². The molecule has 0 aromatic heterocycles. The van der Waals surface area contributed by atoms with Gasteiger partial charge >= 0.3 is 0 Å². The lowest BCUT2D eigenvalue weighted by Gasteiger charge is -2.02. The van der Waals surface area contributed by atoms with E-state index in [1.807, 2.05) is 27.7 Å². The molecule has 0 bridgehead atoms. The smallest absolute Gasteiger partial charge is 0.0446 e. The Labute approximate surface area is 81.8 Å². The first-order chi connectivity index (χ1) is 5.31. The van der Waals surface area contributed by atoms with E-state index in [1.165, 1.54) is 19.3 Å². The van der Waals surface area contributed by atoms with E-state index in [9.17, 15) is 0 Å². The molecule has 0 N–H and O–H groups in total. The van der Waals surface area contributed by atoms with Gasteiger partial charge in [0.15, 0.2) is 0 Å². The first kappa shape index (κ1) is 22.7. The average Bonchev–Trinajstić information content (AvgIpc) is 2.12. The lowest BCUT2D eigenvalue weighted by molar-refractivity contribution is 0.509. The summed E-state index contributed by atoms with van der Waals surface area (Å²) in [4.78, 5) is 0. The van der Waals surface area contributed by atoms with Gasteiger partial charge in [-0.15, -0.1) is 0 Å². The lowest BCUT2D eigenvalue weighted by atomic mass is 10.0. The molecule has 0 saturated heterocycles. The zero-order chi connectivity index (χ0) is 9.70. The fourth-order valence-corrected chi connectivity index (χ4v) is 0.697. The van der Waals surface area contributed by atoms with E-state index >= 15 is 0 Å². The molecule has 0 nitrogen and oxygen atoms in total. The second-order valence-electron chi connectivity index (χ2n) is 2.30. The van der Waals surface area contributed by atoms with E-state index in [1.54, 1.807) is 0 Å². The Morgan fingerprint density at radius 1 is 0.917 bits per heavy atom. The van der Waals surface area contributed by atoms with E-state index in [-0.39, 0.29) is 7.43 Å². The molecule has 12 heavy (non-hydrogen) atoms. The Morgan fingerprint density at radius 3 is 1.33 bits per heavy atom. The van der Waals surface area contributed by atoms with Gasteiger partial charge in [0.1, 0.15) is 0 Å². The summed E-state index contributed by atoms with van der Waals surface area (Å²) >= 11 is 0. The number of hydrogen-bond acceptors (Lipinski definition) is 0. The van der Waals surface area contributed by atoms with Crippen molar-refractivity contribution in [2.45, 2.75) is 75.2 Å². The fraction of sp³-hybridized carbons (Fsp3) is 1.00. The van der Waals surface area contributed by atoms with Gasteiger partial charge in [0, 0.05) is 0 Å². The molecule has 0 rings (SSSR count). The Balaban J connectivity index is -0.0000000560. The third-order valence-corrected chi connectivity index (χ3v) is 1.48. The maximum atomic E-state index is 2.31. The normalized spacial score (nSPS) is 9.25. The van der Waals surface area contributed by atoms with E-state index in [0.717, 1.165) is 5.92 Å². The molecule has 0 aliphatic heterocycles. The molecular weight excluding hydrogens is 144 g/mol. The van der Waals surface area contributed by atoms with Crippen LogP contribution in [0.15, 0.2) is 0 Å². The van der Waals surface area contributed by atoms with E-state index in [4.69, 9.17) is 0 Å². The molecule has 0 radical (unpaired) electrons. The molecule has 0 spiro atoms. The maximum Gasteiger partial charge on any atom is -0.0446 e. The topological polar surface area (TPSA) is 0 Å². The summed E-state index contributed by atoms with van der Waals surface area (Å²) in [6, 6.07) is 0. The Morgan fingerprint density at radius 2 is 1.25 bits per heavy atom. The molecule has 0 heteroatoms. The molecular formula is C12H32. The Kier molecular flexibility index (Phi) is 57.8. The van der Waals surface area contributed by atoms with Crippen molar-refractivity contribution in [3.8, 4) is 0 Å². The van der Waals surface area contributed by atoms with Crippen molar-refractivity contribution >= 4 is 0 Å². The molecule has 1 unspecified atom stereocenters. The quantitative estimate of drug-likeness (QED) is 0.531. The van der Waals surface area contributed by atoms with Crippen LogP contribution in [0, 0.1) is 5.92 Å². The molecule has 0 aliphatic rings. The van der Waals surface area contributed by atoms with Gasteiger partial charge in [-0.25, -0.2) is 0 Å². The fourth-order valence-electron chi connectivity index (χ4n) is 0.697. The van der Waals surface area contributed by atoms with Gasteiger partial charge in [0.2, 0.25) is 0 Å². The van der Waals surface area contributed by atoms with E-state index in [2.05, 4.69) is 20.8 Å². The zero-order valence-electron chi connectivity index (χ0n) is 9.70. The third kappa shape index (κ3) is 32.4. The van der Waals surface area contributed by atoms with Gasteiger partial charge in [-0.3, -0.25) is 0 Å². The summed E-state index contributed by atoms with van der Waals surface area (Å²) in [7, 11) is 0. The minimum Gasteiger partial charge on any atom is -0.0776 e. The molecule has 0 aromatic carbocycles. The second kappa shape index (κ2) is 30.6. The predicted octanol–water partition coefficient (Wildman–Crippen LogP) is 5.52. The van der Waals surface area contributed by atoms with Crippen molar-refractivity contribution in [3.63, 3.8) is 0 Å². The van der Waals surface area contributed by atoms with Gasteiger partial charge in [-0.2, -0.15) is 0 Å². The Hall–Kier alpha value is 0. The molecule has 0 heterocycles. The summed E-state index contributed by atoms with van der Waals surface area (Å²) in [6.45, 7) is 14.8. The molecule has 0 aliphatic carbocycles. The van der Waals surface area contributed by atoms with Gasteiger partial charge in [-0.1, -0.05) is 75.2 Å². The molecule has 80 valence electrons. The van der Waals surface area contributed by atoms with Crippen molar-refractivity contribution in [2.75, 3.05) is 0 Å². The van der Waals surface area contributed by atoms with Crippen molar-refractivity contribution in [3.05, 3.63) is 0 Å². The summed E-state index contributed by atoms with van der Waals surface area (Å²) in [5.41, 5.74) is 0. The maximum absolute atomic E-state index is 2.31. The van der Waals surface area contributed by atoms with Crippen LogP contribution in [-0.4, -0.2) is 0 Å². The minimum absolute atomic E-state index is 0. The SMILES string of the molecule is C.CC.CC.CCCC(C)CC. The van der Waals surface area contributed by atoms with Gasteiger partial charge in [-0.05, 0) is 5.92 Å². The highest BCUT2D eigenvalue weighted by Gasteiger charge is 1.92. The van der Waals surface area contributed by atoms with Crippen LogP contribution < -0.4 is 0 Å². The van der Waals surface area contributed by atoms with Crippen molar-refractivity contribution in [1.82, 2.24) is 0 Å². The highest BCUT2D eigenvalue weighted by molar-refractivity contribution is 4.45. The summed E-state index contributed by atoms with van der Waals surface area (Å²) in [5, 5.41) is 0. The summed E-state index contributed by atoms with van der Waals surface area (Å²) < 4.78 is 0. The van der Waals surface area contributed by atoms with Crippen molar-refractivity contribution in [2.24, 2.45) is 5.92 Å². The highest BCUT2D eigenvalue weighted by atomic mass is 14.0. The van der Waals surface area contributed by atoms with E-state index < -0.39 is 0 Å². The van der Waals surface area contributed by atoms with Gasteiger partial charge in [0.05, 0.1) is 0 Å². The van der Waals surface area contributed by atoms with Crippen LogP contribution in [0.4, 0.5) is 0 Å². The second-order valence-corrected chi connectivity index (χ2v) is 2.30. The molecule has 0 fully saturated rings. The zero-order valence-corrected chi connectivity index (χ0v) is 9.70. The number of rotatable bonds is 3. The largest absolute Gasteiger partial charge is 0.0776 e. The Bertz CT molecular complexity index is 31.0. The first-order valence-electron chi connectivity index (χ1n) is 5.31. The summed E-state index contributed by atoms with van der Waals surface area (Å²) in [5.74, 6) is 0.949. The van der Waals surface area contributed by atoms with Crippen molar-refractivity contribution < 1.29 is 0 Å². The third-order valence-electron chi connectivity index (χ3n) is 1.48. The number of hydrogen-bond donors (Lipinski definition) is 0. The monoisotopic (exact) mass is 176 g/mol. The van der Waals surface area contributed by atoms with Crippen LogP contribution in [0.2, 0.25) is 0 Å². The molecule has 0 amide bonds. The van der Waals surface area contributed by atoms with Crippen LogP contribution in [-0.2, 0) is 0 Å². The standard InChI is InChI=1S/C7H16.2C2H6.CH4/c1-4-6-7(3)5-2;2*1-2;/h7H,4-6H2,1-3H3;2*1-2H3;1H4. The average molecular weight is 176 g/mol. The molecule has 0 saturated carbocycles. The lowest BCUT2D eigenvalue weighted by Crippen LogP contribution is -1.88. The van der Waals surface area contributed by atoms with Crippen molar-refractivity contribution in [1.29, 1.82) is 0 Å². The van der Waals surface area contributed by atoms with Crippen LogP contribution >= 0.6 is 0 Å². The van der Waals surface area contributed by atoms with Crippen LogP contribution in [0.25, 0.3) is 0 Å². The molecule has 0 aromatic rings. The first-order valence-corrected chi connectivity index (χ1v) is 5.31. The van der Waals surface area contributed by atoms with Gasteiger partial charge in [0.25, 0.3) is 0 Å².